The molecule has 2 aromatic rings. The van der Waals surface area contributed by atoms with E-state index in [0.29, 0.717) is 0 Å². The van der Waals surface area contributed by atoms with Crippen LogP contribution in [0.15, 0.2) is 42.5 Å². The molecule has 1 fully saturated rings. The molecule has 2 nitrogen and oxygen atoms in total. The summed E-state index contributed by atoms with van der Waals surface area (Å²) < 4.78 is 0. The van der Waals surface area contributed by atoms with Crippen LogP contribution in [0.25, 0.3) is 10.8 Å². The van der Waals surface area contributed by atoms with Crippen LogP contribution in [0.1, 0.15) is 12.0 Å². The van der Waals surface area contributed by atoms with Crippen molar-refractivity contribution in [1.29, 1.82) is 0 Å². The predicted octanol–water partition coefficient (Wildman–Crippen LogP) is 2.68. The third-order valence-electron chi connectivity index (χ3n) is 3.96. The van der Waals surface area contributed by atoms with Gasteiger partial charge in [0.05, 0.1) is 0 Å². The number of piperazine rings is 1. The SMILES string of the molecule is c1ccc2cc(CCCN3CCNCC3)ccc2c1. The molecule has 0 amide bonds. The van der Waals surface area contributed by atoms with E-state index in [1.165, 1.54) is 48.8 Å². The Labute approximate surface area is 115 Å². The fraction of sp³-hybridized carbons (Fsp3) is 0.412. The molecule has 0 spiro atoms. The number of rotatable bonds is 4. The van der Waals surface area contributed by atoms with Crippen LogP contribution in [-0.4, -0.2) is 37.6 Å². The van der Waals surface area contributed by atoms with E-state index < -0.39 is 0 Å². The summed E-state index contributed by atoms with van der Waals surface area (Å²) in [5.41, 5.74) is 1.47. The first kappa shape index (κ1) is 12.6. The first-order chi connectivity index (χ1) is 9.42. The van der Waals surface area contributed by atoms with Crippen LogP contribution in [0.4, 0.5) is 0 Å². The van der Waals surface area contributed by atoms with Gasteiger partial charge >= 0.3 is 0 Å². The Balaban J connectivity index is 1.56. The zero-order valence-corrected chi connectivity index (χ0v) is 11.4. The summed E-state index contributed by atoms with van der Waals surface area (Å²) >= 11 is 0. The molecule has 0 aliphatic carbocycles. The first-order valence-electron chi connectivity index (χ1n) is 7.32. The Morgan fingerprint density at radius 2 is 1.74 bits per heavy atom. The van der Waals surface area contributed by atoms with Crippen molar-refractivity contribution in [3.63, 3.8) is 0 Å². The van der Waals surface area contributed by atoms with Gasteiger partial charge in [0.25, 0.3) is 0 Å². The van der Waals surface area contributed by atoms with Crippen LogP contribution in [0.3, 0.4) is 0 Å². The summed E-state index contributed by atoms with van der Waals surface area (Å²) in [6.45, 7) is 5.94. The zero-order valence-electron chi connectivity index (χ0n) is 11.4. The zero-order chi connectivity index (χ0) is 12.9. The molecule has 1 aliphatic rings. The Morgan fingerprint density at radius 3 is 2.58 bits per heavy atom. The Morgan fingerprint density at radius 1 is 0.947 bits per heavy atom. The maximum atomic E-state index is 3.40. The van der Waals surface area contributed by atoms with Gasteiger partial charge in [-0.25, -0.2) is 0 Å². The molecule has 100 valence electrons. The van der Waals surface area contributed by atoms with Crippen molar-refractivity contribution >= 4 is 10.8 Å². The number of hydrogen-bond acceptors (Lipinski definition) is 2. The van der Waals surface area contributed by atoms with Crippen molar-refractivity contribution < 1.29 is 0 Å². The van der Waals surface area contributed by atoms with E-state index in [-0.39, 0.29) is 0 Å². The molecule has 0 bridgehead atoms. The molecule has 3 rings (SSSR count). The van der Waals surface area contributed by atoms with Crippen LogP contribution in [-0.2, 0) is 6.42 Å². The molecule has 2 heteroatoms. The Hall–Kier alpha value is -1.38. The number of fused-ring (bicyclic) bond motifs is 1. The largest absolute Gasteiger partial charge is 0.314 e. The maximum absolute atomic E-state index is 3.40. The molecular formula is C17H22N2. The summed E-state index contributed by atoms with van der Waals surface area (Å²) in [5.74, 6) is 0. The summed E-state index contributed by atoms with van der Waals surface area (Å²) in [6, 6.07) is 15.5. The van der Waals surface area contributed by atoms with Gasteiger partial charge in [-0.15, -0.1) is 0 Å². The molecule has 0 aromatic heterocycles. The molecule has 19 heavy (non-hydrogen) atoms. The lowest BCUT2D eigenvalue weighted by Crippen LogP contribution is -2.43. The number of nitrogens with one attached hydrogen (secondary N) is 1. The molecule has 2 aromatic carbocycles. The lowest BCUT2D eigenvalue weighted by molar-refractivity contribution is 0.238. The van der Waals surface area contributed by atoms with E-state index in [2.05, 4.69) is 52.7 Å². The third-order valence-corrected chi connectivity index (χ3v) is 3.96. The fourth-order valence-corrected chi connectivity index (χ4v) is 2.84. The molecule has 1 saturated heterocycles. The van der Waals surface area contributed by atoms with E-state index in [4.69, 9.17) is 0 Å². The van der Waals surface area contributed by atoms with Crippen molar-refractivity contribution in [1.82, 2.24) is 10.2 Å². The van der Waals surface area contributed by atoms with Crippen LogP contribution in [0.5, 0.6) is 0 Å². The standard InChI is InChI=1S/C17H22N2/c1-2-6-17-14-15(7-8-16(17)5-1)4-3-11-19-12-9-18-10-13-19/h1-2,5-8,14,18H,3-4,9-13H2. The summed E-state index contributed by atoms with van der Waals surface area (Å²) in [6.07, 6.45) is 2.45. The van der Waals surface area contributed by atoms with Crippen LogP contribution < -0.4 is 5.32 Å². The average Bonchev–Trinajstić information content (AvgIpc) is 2.48. The molecule has 0 atom stereocenters. The molecular weight excluding hydrogens is 232 g/mol. The van der Waals surface area contributed by atoms with Gasteiger partial charge in [-0.2, -0.15) is 0 Å². The lowest BCUT2D eigenvalue weighted by atomic mass is 10.0. The summed E-state index contributed by atoms with van der Waals surface area (Å²) in [7, 11) is 0. The van der Waals surface area contributed by atoms with Gasteiger partial charge in [0.1, 0.15) is 0 Å². The van der Waals surface area contributed by atoms with Crippen molar-refractivity contribution in [2.45, 2.75) is 12.8 Å². The summed E-state index contributed by atoms with van der Waals surface area (Å²) in [5, 5.41) is 6.11. The lowest BCUT2D eigenvalue weighted by Gasteiger charge is -2.27. The highest BCUT2D eigenvalue weighted by molar-refractivity contribution is 5.82. The quantitative estimate of drug-likeness (QED) is 0.902. The normalized spacial score (nSPS) is 16.8. The average molecular weight is 254 g/mol. The van der Waals surface area contributed by atoms with Gasteiger partial charge in [0.2, 0.25) is 0 Å². The van der Waals surface area contributed by atoms with E-state index in [1.54, 1.807) is 0 Å². The van der Waals surface area contributed by atoms with Gasteiger partial charge in [-0.1, -0.05) is 42.5 Å². The van der Waals surface area contributed by atoms with Crippen molar-refractivity contribution in [2.75, 3.05) is 32.7 Å². The smallest absolute Gasteiger partial charge is 0.0107 e. The highest BCUT2D eigenvalue weighted by Gasteiger charge is 2.08. The van der Waals surface area contributed by atoms with Crippen molar-refractivity contribution in [2.24, 2.45) is 0 Å². The number of benzene rings is 2. The van der Waals surface area contributed by atoms with Crippen molar-refractivity contribution in [3.8, 4) is 0 Å². The molecule has 1 N–H and O–H groups in total. The van der Waals surface area contributed by atoms with Gasteiger partial charge in [0, 0.05) is 26.2 Å². The minimum Gasteiger partial charge on any atom is -0.314 e. The number of nitrogens with zero attached hydrogens (tertiary/aromatic N) is 1. The predicted molar refractivity (Wildman–Crippen MR) is 81.6 cm³/mol. The summed E-state index contributed by atoms with van der Waals surface area (Å²) in [4.78, 5) is 2.57. The van der Waals surface area contributed by atoms with Gasteiger partial charge in [-0.3, -0.25) is 0 Å². The van der Waals surface area contributed by atoms with E-state index in [9.17, 15) is 0 Å². The highest BCUT2D eigenvalue weighted by Crippen LogP contribution is 2.16. The van der Waals surface area contributed by atoms with Gasteiger partial charge < -0.3 is 10.2 Å². The van der Waals surface area contributed by atoms with E-state index >= 15 is 0 Å². The molecule has 0 radical (unpaired) electrons. The Kier molecular flexibility index (Phi) is 4.11. The second-order valence-electron chi connectivity index (χ2n) is 5.38. The van der Waals surface area contributed by atoms with Crippen LogP contribution in [0.2, 0.25) is 0 Å². The minimum atomic E-state index is 1.15. The molecule has 1 aliphatic heterocycles. The van der Waals surface area contributed by atoms with E-state index in [1.807, 2.05) is 0 Å². The van der Waals surface area contributed by atoms with Crippen molar-refractivity contribution in [3.05, 3.63) is 48.0 Å². The van der Waals surface area contributed by atoms with Gasteiger partial charge in [0.15, 0.2) is 0 Å². The van der Waals surface area contributed by atoms with E-state index in [0.717, 1.165) is 13.1 Å². The highest BCUT2D eigenvalue weighted by atomic mass is 15.2. The number of hydrogen-bond donors (Lipinski definition) is 1. The minimum absolute atomic E-state index is 1.15. The van der Waals surface area contributed by atoms with Crippen LogP contribution in [0, 0.1) is 0 Å². The molecule has 0 unspecified atom stereocenters. The fourth-order valence-electron chi connectivity index (χ4n) is 2.84. The topological polar surface area (TPSA) is 15.3 Å². The molecule has 1 heterocycles. The first-order valence-corrected chi connectivity index (χ1v) is 7.32. The second kappa shape index (κ2) is 6.18. The van der Waals surface area contributed by atoms with Gasteiger partial charge in [-0.05, 0) is 35.7 Å². The molecule has 0 saturated carbocycles. The third kappa shape index (κ3) is 3.34. The monoisotopic (exact) mass is 254 g/mol. The maximum Gasteiger partial charge on any atom is 0.0107 e. The Bertz CT molecular complexity index is 530. The van der Waals surface area contributed by atoms with Crippen LogP contribution >= 0.6 is 0 Å². The second-order valence-corrected chi connectivity index (χ2v) is 5.38. The number of aryl methyl sites for hydroxylation is 1.